The molecule has 3 nitrogen and oxygen atoms in total. The van der Waals surface area contributed by atoms with Crippen LogP contribution < -0.4 is 0 Å². The van der Waals surface area contributed by atoms with Crippen molar-refractivity contribution in [1.82, 2.24) is 9.97 Å². The molecule has 1 unspecified atom stereocenters. The van der Waals surface area contributed by atoms with Gasteiger partial charge in [0.15, 0.2) is 0 Å². The van der Waals surface area contributed by atoms with E-state index in [2.05, 4.69) is 49.8 Å². The topological polar surface area (TPSA) is 52.5 Å². The van der Waals surface area contributed by atoms with Gasteiger partial charge in [-0.3, -0.25) is 0 Å². The third-order valence-electron chi connectivity index (χ3n) is 3.32. The van der Waals surface area contributed by atoms with Gasteiger partial charge >= 0.3 is 0 Å². The molecule has 0 aliphatic rings. The number of H-pyrrole nitrogens is 1. The number of fused-ring (bicyclic) bond motifs is 1. The molecule has 0 aliphatic heterocycles. The zero-order chi connectivity index (χ0) is 14.0. The SMILES string of the molecule is CC(C)Cc1nc2ccc(C(C#N)C(C)C)cc2[nH]1. The molecule has 1 atom stereocenters. The number of aromatic amines is 1. The van der Waals surface area contributed by atoms with Gasteiger partial charge in [-0.15, -0.1) is 0 Å². The molecule has 1 N–H and O–H groups in total. The lowest BCUT2D eigenvalue weighted by atomic mass is 9.90. The van der Waals surface area contributed by atoms with E-state index < -0.39 is 0 Å². The van der Waals surface area contributed by atoms with Crippen LogP contribution in [-0.4, -0.2) is 9.97 Å². The van der Waals surface area contributed by atoms with Crippen LogP contribution in [0, 0.1) is 23.2 Å². The highest BCUT2D eigenvalue weighted by molar-refractivity contribution is 5.76. The Balaban J connectivity index is 2.38. The van der Waals surface area contributed by atoms with Gasteiger partial charge in [0, 0.05) is 6.42 Å². The summed E-state index contributed by atoms with van der Waals surface area (Å²) in [5, 5.41) is 9.27. The Morgan fingerprint density at radius 2 is 2.00 bits per heavy atom. The molecule has 0 bridgehead atoms. The molecule has 2 rings (SSSR count). The monoisotopic (exact) mass is 255 g/mol. The summed E-state index contributed by atoms with van der Waals surface area (Å²) >= 11 is 0. The van der Waals surface area contributed by atoms with Gasteiger partial charge in [0.25, 0.3) is 0 Å². The number of nitrogens with zero attached hydrogens (tertiary/aromatic N) is 2. The second-order valence-electron chi connectivity index (χ2n) is 5.91. The maximum atomic E-state index is 9.27. The number of benzene rings is 1. The van der Waals surface area contributed by atoms with Gasteiger partial charge in [-0.05, 0) is 29.5 Å². The van der Waals surface area contributed by atoms with E-state index in [1.165, 1.54) is 0 Å². The molecule has 19 heavy (non-hydrogen) atoms. The standard InChI is InChI=1S/C16H21N3/c1-10(2)7-16-18-14-6-5-12(8-15(14)19-16)13(9-17)11(3)4/h5-6,8,10-11,13H,7H2,1-4H3,(H,18,19). The summed E-state index contributed by atoms with van der Waals surface area (Å²) < 4.78 is 0. The number of hydrogen-bond acceptors (Lipinski definition) is 2. The summed E-state index contributed by atoms with van der Waals surface area (Å²) in [5.41, 5.74) is 3.10. The molecule has 1 aromatic heterocycles. The number of aromatic nitrogens is 2. The summed E-state index contributed by atoms with van der Waals surface area (Å²) in [7, 11) is 0. The van der Waals surface area contributed by atoms with Crippen LogP contribution in [0.4, 0.5) is 0 Å². The first-order chi connectivity index (χ1) is 9.01. The Hall–Kier alpha value is -1.82. The average molecular weight is 255 g/mol. The fourth-order valence-corrected chi connectivity index (χ4v) is 2.37. The van der Waals surface area contributed by atoms with Gasteiger partial charge in [0.05, 0.1) is 23.0 Å². The Morgan fingerprint density at radius 3 is 2.58 bits per heavy atom. The van der Waals surface area contributed by atoms with E-state index in [1.807, 2.05) is 12.1 Å². The van der Waals surface area contributed by atoms with Crippen LogP contribution in [0.1, 0.15) is 45.0 Å². The van der Waals surface area contributed by atoms with Crippen LogP contribution in [0.3, 0.4) is 0 Å². The molecule has 1 heterocycles. The summed E-state index contributed by atoms with van der Waals surface area (Å²) in [5.74, 6) is 1.88. The second kappa shape index (κ2) is 5.44. The van der Waals surface area contributed by atoms with Crippen molar-refractivity contribution in [3.8, 4) is 6.07 Å². The van der Waals surface area contributed by atoms with Crippen LogP contribution in [0.5, 0.6) is 0 Å². The maximum Gasteiger partial charge on any atom is 0.107 e. The first-order valence-corrected chi connectivity index (χ1v) is 6.89. The zero-order valence-corrected chi connectivity index (χ0v) is 12.1. The van der Waals surface area contributed by atoms with E-state index in [4.69, 9.17) is 0 Å². The van der Waals surface area contributed by atoms with Crippen LogP contribution in [-0.2, 0) is 6.42 Å². The highest BCUT2D eigenvalue weighted by atomic mass is 14.9. The van der Waals surface area contributed by atoms with Gasteiger partial charge in [-0.25, -0.2) is 4.98 Å². The van der Waals surface area contributed by atoms with Crippen molar-refractivity contribution < 1.29 is 0 Å². The van der Waals surface area contributed by atoms with E-state index in [9.17, 15) is 5.26 Å². The predicted molar refractivity (Wildman–Crippen MR) is 77.8 cm³/mol. The van der Waals surface area contributed by atoms with Gasteiger partial charge in [0.1, 0.15) is 5.82 Å². The number of hydrogen-bond donors (Lipinski definition) is 1. The molecule has 0 amide bonds. The largest absolute Gasteiger partial charge is 0.342 e. The number of nitrogens with one attached hydrogen (secondary N) is 1. The van der Waals surface area contributed by atoms with Crippen molar-refractivity contribution in [2.24, 2.45) is 11.8 Å². The van der Waals surface area contributed by atoms with Crippen LogP contribution in [0.15, 0.2) is 18.2 Å². The fourth-order valence-electron chi connectivity index (χ4n) is 2.37. The lowest BCUT2D eigenvalue weighted by Crippen LogP contribution is -2.03. The van der Waals surface area contributed by atoms with E-state index >= 15 is 0 Å². The molecular formula is C16H21N3. The zero-order valence-electron chi connectivity index (χ0n) is 12.1. The van der Waals surface area contributed by atoms with Crippen LogP contribution in [0.25, 0.3) is 11.0 Å². The van der Waals surface area contributed by atoms with E-state index in [0.29, 0.717) is 11.8 Å². The Bertz CT molecular complexity index is 602. The molecule has 0 spiro atoms. The van der Waals surface area contributed by atoms with E-state index in [-0.39, 0.29) is 5.92 Å². The fraction of sp³-hybridized carbons (Fsp3) is 0.500. The predicted octanol–water partition coefficient (Wildman–Crippen LogP) is 4.02. The number of rotatable bonds is 4. The first-order valence-electron chi connectivity index (χ1n) is 6.89. The highest BCUT2D eigenvalue weighted by Crippen LogP contribution is 2.26. The maximum absolute atomic E-state index is 9.27. The number of imidazole rings is 1. The molecule has 0 saturated carbocycles. The molecule has 0 radical (unpaired) electrons. The van der Waals surface area contributed by atoms with Crippen molar-refractivity contribution in [3.05, 3.63) is 29.6 Å². The molecular weight excluding hydrogens is 234 g/mol. The molecule has 0 fully saturated rings. The molecule has 3 heteroatoms. The van der Waals surface area contributed by atoms with Crippen LogP contribution >= 0.6 is 0 Å². The minimum absolute atomic E-state index is 0.0544. The Labute approximate surface area is 114 Å². The second-order valence-corrected chi connectivity index (χ2v) is 5.91. The Kier molecular flexibility index (Phi) is 3.90. The summed E-state index contributed by atoms with van der Waals surface area (Å²) in [6.07, 6.45) is 0.954. The van der Waals surface area contributed by atoms with Gasteiger partial charge < -0.3 is 4.98 Å². The third kappa shape index (κ3) is 2.96. The summed E-state index contributed by atoms with van der Waals surface area (Å²) in [6, 6.07) is 8.49. The molecule has 0 aliphatic carbocycles. The normalized spacial score (nSPS) is 13.1. The minimum atomic E-state index is -0.0544. The summed E-state index contributed by atoms with van der Waals surface area (Å²) in [4.78, 5) is 7.95. The van der Waals surface area contributed by atoms with Crippen molar-refractivity contribution >= 4 is 11.0 Å². The number of nitriles is 1. The van der Waals surface area contributed by atoms with Crippen molar-refractivity contribution in [3.63, 3.8) is 0 Å². The van der Waals surface area contributed by atoms with E-state index in [0.717, 1.165) is 28.8 Å². The molecule has 2 aromatic rings. The third-order valence-corrected chi connectivity index (χ3v) is 3.32. The summed E-state index contributed by atoms with van der Waals surface area (Å²) in [6.45, 7) is 8.52. The van der Waals surface area contributed by atoms with Crippen molar-refractivity contribution in [1.29, 1.82) is 5.26 Å². The average Bonchev–Trinajstić information content (AvgIpc) is 2.69. The smallest absolute Gasteiger partial charge is 0.107 e. The van der Waals surface area contributed by atoms with Crippen LogP contribution in [0.2, 0.25) is 0 Å². The minimum Gasteiger partial charge on any atom is -0.342 e. The van der Waals surface area contributed by atoms with Crippen molar-refractivity contribution in [2.75, 3.05) is 0 Å². The quantitative estimate of drug-likeness (QED) is 0.896. The lowest BCUT2D eigenvalue weighted by Gasteiger charge is -2.12. The highest BCUT2D eigenvalue weighted by Gasteiger charge is 2.16. The van der Waals surface area contributed by atoms with Gasteiger partial charge in [-0.1, -0.05) is 33.8 Å². The molecule has 1 aromatic carbocycles. The Morgan fingerprint density at radius 1 is 1.26 bits per heavy atom. The first kappa shape index (κ1) is 13.6. The molecule has 100 valence electrons. The van der Waals surface area contributed by atoms with Crippen molar-refractivity contribution in [2.45, 2.75) is 40.0 Å². The van der Waals surface area contributed by atoms with Gasteiger partial charge in [0.2, 0.25) is 0 Å². The van der Waals surface area contributed by atoms with E-state index in [1.54, 1.807) is 0 Å². The lowest BCUT2D eigenvalue weighted by molar-refractivity contribution is 0.587. The molecule has 0 saturated heterocycles. The van der Waals surface area contributed by atoms with Gasteiger partial charge in [-0.2, -0.15) is 5.26 Å².